The number of piperidine rings is 1. The predicted molar refractivity (Wildman–Crippen MR) is 113 cm³/mol. The minimum absolute atomic E-state index is 0.123. The standard InChI is InChI=1S/C19H24N2O3S.C2HF3O2/c1-25(22,23)21-13-17(16-5-3-2-4-6-16)11-19(14-21)24-18-9-7-15(12-20)8-10-18;3-2(4,5)1(6)7/h2-10,17,19H,11-14,20H2,1H3;(H,6,7). The van der Waals surface area contributed by atoms with Crippen molar-refractivity contribution in [2.24, 2.45) is 5.73 Å². The van der Waals surface area contributed by atoms with E-state index in [4.69, 9.17) is 20.4 Å². The van der Waals surface area contributed by atoms with Gasteiger partial charge in [0, 0.05) is 19.0 Å². The first-order chi connectivity index (χ1) is 14.9. The van der Waals surface area contributed by atoms with Gasteiger partial charge in [0.25, 0.3) is 0 Å². The number of carbonyl (C=O) groups is 1. The van der Waals surface area contributed by atoms with Gasteiger partial charge < -0.3 is 15.6 Å². The summed E-state index contributed by atoms with van der Waals surface area (Å²) in [6, 6.07) is 17.7. The molecule has 11 heteroatoms. The van der Waals surface area contributed by atoms with Crippen molar-refractivity contribution < 1.29 is 36.2 Å². The SMILES string of the molecule is CS(=O)(=O)N1CC(Oc2ccc(CN)cc2)CC(c2ccccc2)C1.O=C(O)C(F)(F)F. The number of nitrogens with two attached hydrogens (primary N) is 1. The van der Waals surface area contributed by atoms with E-state index >= 15 is 0 Å². The quantitative estimate of drug-likeness (QED) is 0.690. The molecule has 1 aliphatic rings. The first kappa shape index (κ1) is 25.6. The Bertz CT molecular complexity index is 983. The Morgan fingerprint density at radius 3 is 2.16 bits per heavy atom. The number of hydrogen-bond donors (Lipinski definition) is 2. The second kappa shape index (κ2) is 10.8. The number of rotatable bonds is 5. The second-order valence-electron chi connectivity index (χ2n) is 7.31. The van der Waals surface area contributed by atoms with Crippen molar-refractivity contribution in [2.75, 3.05) is 19.3 Å². The van der Waals surface area contributed by atoms with Crippen LogP contribution >= 0.6 is 0 Å². The highest BCUT2D eigenvalue weighted by molar-refractivity contribution is 7.88. The molecule has 3 N–H and O–H groups in total. The monoisotopic (exact) mass is 474 g/mol. The summed E-state index contributed by atoms with van der Waals surface area (Å²) >= 11 is 0. The number of ether oxygens (including phenoxy) is 1. The third-order valence-corrected chi connectivity index (χ3v) is 6.06. The molecule has 0 aliphatic carbocycles. The first-order valence-electron chi connectivity index (χ1n) is 9.66. The van der Waals surface area contributed by atoms with Gasteiger partial charge in [0.1, 0.15) is 11.9 Å². The lowest BCUT2D eigenvalue weighted by atomic mass is 9.90. The Morgan fingerprint density at radius 1 is 1.12 bits per heavy atom. The van der Waals surface area contributed by atoms with Crippen molar-refractivity contribution in [3.63, 3.8) is 0 Å². The van der Waals surface area contributed by atoms with Crippen molar-refractivity contribution >= 4 is 16.0 Å². The summed E-state index contributed by atoms with van der Waals surface area (Å²) in [7, 11) is -3.27. The van der Waals surface area contributed by atoms with Crippen molar-refractivity contribution in [3.05, 3.63) is 65.7 Å². The summed E-state index contributed by atoms with van der Waals surface area (Å²) in [5.41, 5.74) is 7.80. The number of alkyl halides is 3. The molecule has 0 spiro atoms. The molecule has 1 heterocycles. The maximum absolute atomic E-state index is 12.1. The number of benzene rings is 2. The predicted octanol–water partition coefficient (Wildman–Crippen LogP) is 2.98. The number of sulfonamides is 1. The highest BCUT2D eigenvalue weighted by atomic mass is 32.2. The second-order valence-corrected chi connectivity index (χ2v) is 9.30. The largest absolute Gasteiger partial charge is 0.490 e. The summed E-state index contributed by atoms with van der Waals surface area (Å²) in [6.45, 7) is 1.36. The van der Waals surface area contributed by atoms with E-state index in [9.17, 15) is 21.6 Å². The third kappa shape index (κ3) is 7.81. The van der Waals surface area contributed by atoms with Crippen LogP contribution in [0.2, 0.25) is 0 Å². The van der Waals surface area contributed by atoms with Crippen molar-refractivity contribution in [1.82, 2.24) is 4.31 Å². The molecule has 1 saturated heterocycles. The molecule has 2 unspecified atom stereocenters. The maximum Gasteiger partial charge on any atom is 0.490 e. The zero-order valence-corrected chi connectivity index (χ0v) is 18.1. The Kier molecular flexibility index (Phi) is 8.65. The van der Waals surface area contributed by atoms with E-state index in [1.807, 2.05) is 54.6 Å². The number of carboxylic acids is 1. The summed E-state index contributed by atoms with van der Waals surface area (Å²) in [4.78, 5) is 8.90. The maximum atomic E-state index is 12.1. The number of carboxylic acid groups (broad SMARTS) is 1. The lowest BCUT2D eigenvalue weighted by Gasteiger charge is -2.36. The van der Waals surface area contributed by atoms with E-state index in [0.29, 0.717) is 19.6 Å². The van der Waals surface area contributed by atoms with Crippen LogP contribution in [0.4, 0.5) is 13.2 Å². The average molecular weight is 475 g/mol. The van der Waals surface area contributed by atoms with Crippen LogP contribution in [0.5, 0.6) is 5.75 Å². The topological polar surface area (TPSA) is 110 Å². The number of nitrogens with zero attached hydrogens (tertiary/aromatic N) is 1. The van der Waals surface area contributed by atoms with Gasteiger partial charge in [0.15, 0.2) is 0 Å². The fourth-order valence-electron chi connectivity index (χ4n) is 3.23. The molecule has 2 aromatic rings. The Hall–Kier alpha value is -2.63. The molecule has 0 aromatic heterocycles. The van der Waals surface area contributed by atoms with Crippen LogP contribution in [-0.2, 0) is 21.4 Å². The lowest BCUT2D eigenvalue weighted by Crippen LogP contribution is -2.47. The van der Waals surface area contributed by atoms with Crippen LogP contribution in [0.15, 0.2) is 54.6 Å². The molecule has 2 aromatic carbocycles. The minimum atomic E-state index is -5.08. The van der Waals surface area contributed by atoms with Gasteiger partial charge in [-0.1, -0.05) is 42.5 Å². The number of aliphatic carboxylic acids is 1. The Balaban J connectivity index is 0.000000451. The highest BCUT2D eigenvalue weighted by Gasteiger charge is 2.38. The van der Waals surface area contributed by atoms with Crippen molar-refractivity contribution in [2.45, 2.75) is 31.2 Å². The van der Waals surface area contributed by atoms with Gasteiger partial charge in [0.2, 0.25) is 10.0 Å². The van der Waals surface area contributed by atoms with Crippen LogP contribution in [0, 0.1) is 0 Å². The smallest absolute Gasteiger partial charge is 0.489 e. The van der Waals surface area contributed by atoms with E-state index < -0.39 is 22.2 Å². The van der Waals surface area contributed by atoms with E-state index in [1.54, 1.807) is 0 Å². The molecular formula is C21H25F3N2O5S. The summed E-state index contributed by atoms with van der Waals surface area (Å²) in [5, 5.41) is 7.12. The van der Waals surface area contributed by atoms with Gasteiger partial charge in [-0.3, -0.25) is 0 Å². The normalized spacial score (nSPS) is 19.5. The fourth-order valence-corrected chi connectivity index (χ4v) is 4.12. The number of halogens is 3. The summed E-state index contributed by atoms with van der Waals surface area (Å²) in [6.07, 6.45) is -3.22. The Morgan fingerprint density at radius 2 is 1.69 bits per heavy atom. The average Bonchev–Trinajstić information content (AvgIpc) is 2.74. The Labute approximate surface area is 184 Å². The van der Waals surface area contributed by atoms with Gasteiger partial charge in [-0.2, -0.15) is 17.5 Å². The molecule has 0 saturated carbocycles. The van der Waals surface area contributed by atoms with Crippen LogP contribution in [0.25, 0.3) is 0 Å². The van der Waals surface area contributed by atoms with Crippen molar-refractivity contribution in [3.8, 4) is 5.75 Å². The molecule has 7 nitrogen and oxygen atoms in total. The van der Waals surface area contributed by atoms with E-state index in [-0.39, 0.29) is 12.0 Å². The van der Waals surface area contributed by atoms with Crippen LogP contribution in [-0.4, -0.2) is 55.4 Å². The first-order valence-corrected chi connectivity index (χ1v) is 11.5. The van der Waals surface area contributed by atoms with Gasteiger partial charge in [-0.05, 0) is 29.7 Å². The molecule has 32 heavy (non-hydrogen) atoms. The van der Waals surface area contributed by atoms with Crippen molar-refractivity contribution in [1.29, 1.82) is 0 Å². The summed E-state index contributed by atoms with van der Waals surface area (Å²) < 4.78 is 63.5. The van der Waals surface area contributed by atoms with E-state index in [2.05, 4.69) is 0 Å². The van der Waals surface area contributed by atoms with Gasteiger partial charge >= 0.3 is 12.1 Å². The molecule has 1 aliphatic heterocycles. The zero-order chi connectivity index (χ0) is 23.9. The minimum Gasteiger partial charge on any atom is -0.489 e. The molecule has 1 fully saturated rings. The number of hydrogen-bond acceptors (Lipinski definition) is 5. The fraction of sp³-hybridized carbons (Fsp3) is 0.381. The van der Waals surface area contributed by atoms with Crippen LogP contribution < -0.4 is 10.5 Å². The molecule has 0 amide bonds. The molecule has 176 valence electrons. The van der Waals surface area contributed by atoms with Crippen LogP contribution in [0.3, 0.4) is 0 Å². The van der Waals surface area contributed by atoms with Crippen LogP contribution in [0.1, 0.15) is 23.5 Å². The zero-order valence-electron chi connectivity index (χ0n) is 17.3. The van der Waals surface area contributed by atoms with E-state index in [0.717, 1.165) is 23.3 Å². The molecule has 2 atom stereocenters. The van der Waals surface area contributed by atoms with Gasteiger partial charge in [-0.15, -0.1) is 0 Å². The molecular weight excluding hydrogens is 449 g/mol. The highest BCUT2D eigenvalue weighted by Crippen LogP contribution is 2.30. The molecule has 0 radical (unpaired) electrons. The third-order valence-electron chi connectivity index (χ3n) is 4.82. The summed E-state index contributed by atoms with van der Waals surface area (Å²) in [5.74, 6) is -1.89. The van der Waals surface area contributed by atoms with Gasteiger partial charge in [0.05, 0.1) is 12.8 Å². The van der Waals surface area contributed by atoms with E-state index in [1.165, 1.54) is 10.6 Å². The van der Waals surface area contributed by atoms with Gasteiger partial charge in [-0.25, -0.2) is 13.2 Å². The molecule has 3 rings (SSSR count). The molecule has 0 bridgehead atoms. The lowest BCUT2D eigenvalue weighted by molar-refractivity contribution is -0.192.